The molecule has 2 aromatic rings. The minimum Gasteiger partial charge on any atom is -0.0984 e. The molecule has 0 spiro atoms. The van der Waals surface area contributed by atoms with Gasteiger partial charge in [0, 0.05) is 0 Å². The van der Waals surface area contributed by atoms with Crippen LogP contribution >= 0.6 is 0 Å². The minimum absolute atomic E-state index is 0.853. The van der Waals surface area contributed by atoms with Gasteiger partial charge in [0.1, 0.15) is 0 Å². The van der Waals surface area contributed by atoms with Crippen molar-refractivity contribution < 1.29 is 0 Å². The molecule has 0 nitrogen and oxygen atoms in total. The molecule has 0 N–H and O–H groups in total. The first kappa shape index (κ1) is 11.6. The Morgan fingerprint density at radius 3 is 2.42 bits per heavy atom. The zero-order valence-electron chi connectivity index (χ0n) is 10.7. The highest BCUT2D eigenvalue weighted by Crippen LogP contribution is 2.34. The molecule has 0 aromatic heterocycles. The average Bonchev–Trinajstić information content (AvgIpc) is 2.71. The molecule has 3 rings (SSSR count). The lowest BCUT2D eigenvalue weighted by Crippen LogP contribution is -1.97. The lowest BCUT2D eigenvalue weighted by Gasteiger charge is -2.16. The van der Waals surface area contributed by atoms with E-state index in [2.05, 4.69) is 48.9 Å². The summed E-state index contributed by atoms with van der Waals surface area (Å²) in [5.74, 6) is 0. The predicted octanol–water partition coefficient (Wildman–Crippen LogP) is 5.01. The van der Waals surface area contributed by atoms with Gasteiger partial charge in [0.25, 0.3) is 0 Å². The summed E-state index contributed by atoms with van der Waals surface area (Å²) < 4.78 is 0. The van der Waals surface area contributed by atoms with Gasteiger partial charge in [-0.15, -0.1) is 0 Å². The smallest absolute Gasteiger partial charge is 0.000226 e. The van der Waals surface area contributed by atoms with Crippen molar-refractivity contribution in [1.29, 1.82) is 0 Å². The number of benzene rings is 2. The Hall–Kier alpha value is -2.52. The lowest BCUT2D eigenvalue weighted by molar-refractivity contribution is 1.26. The number of allylic oxidation sites excluding steroid dienone is 1. The number of hydrogen-bond acceptors (Lipinski definition) is 0. The van der Waals surface area contributed by atoms with E-state index < -0.39 is 0 Å². The van der Waals surface area contributed by atoms with E-state index in [-0.39, 0.29) is 0 Å². The fourth-order valence-electron chi connectivity index (χ4n) is 2.73. The van der Waals surface area contributed by atoms with Gasteiger partial charge < -0.3 is 0 Å². The van der Waals surface area contributed by atoms with Gasteiger partial charge in [0.2, 0.25) is 0 Å². The Balaban J connectivity index is 2.58. The first-order valence-electron chi connectivity index (χ1n) is 6.35. The molecule has 2 aromatic carbocycles. The molecule has 0 saturated heterocycles. The van der Waals surface area contributed by atoms with Crippen molar-refractivity contribution in [2.24, 2.45) is 0 Å². The van der Waals surface area contributed by atoms with E-state index in [4.69, 9.17) is 0 Å². The zero-order chi connectivity index (χ0) is 13.2. The molecule has 0 heteroatoms. The highest BCUT2D eigenvalue weighted by Gasteiger charge is 2.14. The van der Waals surface area contributed by atoms with Crippen LogP contribution in [0, 0.1) is 0 Å². The van der Waals surface area contributed by atoms with Crippen molar-refractivity contribution in [3.05, 3.63) is 77.2 Å². The molecular formula is C19H14. The van der Waals surface area contributed by atoms with Gasteiger partial charge in [-0.2, -0.15) is 0 Å². The van der Waals surface area contributed by atoms with E-state index in [9.17, 15) is 0 Å². The fourth-order valence-corrected chi connectivity index (χ4v) is 2.73. The van der Waals surface area contributed by atoms with Gasteiger partial charge in [-0.05, 0) is 51.6 Å². The Morgan fingerprint density at radius 1 is 0.947 bits per heavy atom. The predicted molar refractivity (Wildman–Crippen MR) is 83.9 cm³/mol. The summed E-state index contributed by atoms with van der Waals surface area (Å²) in [4.78, 5) is 0. The van der Waals surface area contributed by atoms with Crippen molar-refractivity contribution in [2.75, 3.05) is 0 Å². The molecule has 0 amide bonds. The van der Waals surface area contributed by atoms with Gasteiger partial charge in [0.15, 0.2) is 0 Å². The second-order valence-electron chi connectivity index (χ2n) is 4.51. The molecule has 0 aliphatic heterocycles. The summed E-state index contributed by atoms with van der Waals surface area (Å²) in [5.41, 5.74) is 11.0. The zero-order valence-corrected chi connectivity index (χ0v) is 10.7. The van der Waals surface area contributed by atoms with Crippen molar-refractivity contribution in [3.63, 3.8) is 0 Å². The van der Waals surface area contributed by atoms with Crippen LogP contribution in [0.5, 0.6) is 0 Å². The van der Waals surface area contributed by atoms with Gasteiger partial charge >= 0.3 is 0 Å². The molecule has 0 radical (unpaired) electrons. The topological polar surface area (TPSA) is 0 Å². The van der Waals surface area contributed by atoms with E-state index in [0.29, 0.717) is 0 Å². The number of hydrogen-bond donors (Lipinski definition) is 0. The maximum Gasteiger partial charge on any atom is -0.000226 e. The number of fused-ring (bicyclic) bond motifs is 3. The highest BCUT2D eigenvalue weighted by molar-refractivity contribution is 6.00. The summed E-state index contributed by atoms with van der Waals surface area (Å²) in [6.45, 7) is 7.93. The molecule has 0 heterocycles. The van der Waals surface area contributed by atoms with Gasteiger partial charge in [-0.3, -0.25) is 0 Å². The van der Waals surface area contributed by atoms with Crippen LogP contribution in [0.4, 0.5) is 0 Å². The Labute approximate surface area is 113 Å². The fraction of sp³-hybridized carbons (Fsp3) is 0.0526. The molecule has 1 aliphatic carbocycles. The second kappa shape index (κ2) is 4.63. The van der Waals surface area contributed by atoms with Crippen molar-refractivity contribution >= 4 is 29.0 Å². The minimum atomic E-state index is 0.853. The van der Waals surface area contributed by atoms with Crippen LogP contribution in [-0.4, -0.2) is 0 Å². The Morgan fingerprint density at radius 2 is 1.68 bits per heavy atom. The van der Waals surface area contributed by atoms with Crippen molar-refractivity contribution in [2.45, 2.75) is 6.42 Å². The summed E-state index contributed by atoms with van der Waals surface area (Å²) in [7, 11) is 0. The third-order valence-electron chi connectivity index (χ3n) is 3.56. The largest absolute Gasteiger partial charge is 0.0984 e. The monoisotopic (exact) mass is 242 g/mol. The van der Waals surface area contributed by atoms with Crippen LogP contribution in [0.3, 0.4) is 0 Å². The molecular weight excluding hydrogens is 228 g/mol. The summed E-state index contributed by atoms with van der Waals surface area (Å²) in [6.07, 6.45) is 8.73. The third kappa shape index (κ3) is 1.72. The first-order chi connectivity index (χ1) is 9.36. The first-order valence-corrected chi connectivity index (χ1v) is 6.35. The lowest BCUT2D eigenvalue weighted by atomic mass is 9.87. The summed E-state index contributed by atoms with van der Waals surface area (Å²) >= 11 is 0. The van der Waals surface area contributed by atoms with E-state index in [1.807, 2.05) is 24.3 Å². The van der Waals surface area contributed by atoms with Crippen LogP contribution in [0.2, 0.25) is 0 Å². The van der Waals surface area contributed by atoms with E-state index in [1.165, 1.54) is 27.5 Å². The molecule has 0 saturated carbocycles. The second-order valence-corrected chi connectivity index (χ2v) is 4.51. The van der Waals surface area contributed by atoms with Crippen LogP contribution in [-0.2, 0) is 6.42 Å². The number of rotatable bonds is 2. The average molecular weight is 242 g/mol. The Kier molecular flexibility index (Phi) is 2.82. The van der Waals surface area contributed by atoms with Gasteiger partial charge in [-0.25, -0.2) is 0 Å². The van der Waals surface area contributed by atoms with Gasteiger partial charge in [0.05, 0.1) is 0 Å². The molecule has 90 valence electrons. The van der Waals surface area contributed by atoms with Crippen LogP contribution in [0.1, 0.15) is 22.3 Å². The summed E-state index contributed by atoms with van der Waals surface area (Å²) in [5, 5.41) is 2.45. The Bertz CT molecular complexity index is 790. The van der Waals surface area contributed by atoms with E-state index in [1.54, 1.807) is 0 Å². The summed E-state index contributed by atoms with van der Waals surface area (Å²) in [6, 6.07) is 8.41. The van der Waals surface area contributed by atoms with Crippen molar-refractivity contribution in [3.8, 4) is 0 Å². The SMILES string of the molecule is C=Cc1c2c(c3ccccc3c1C=C)C=C=C=CC2. The normalized spacial score (nSPS) is 12.2. The highest BCUT2D eigenvalue weighted by atomic mass is 14.2. The van der Waals surface area contributed by atoms with Crippen LogP contribution < -0.4 is 0 Å². The molecule has 19 heavy (non-hydrogen) atoms. The standard InChI is InChI=1S/C19H14/c1-3-14-15(4-2)17-12-8-9-13-19(17)18-11-7-5-6-10-16(14)18/h3-4,6,8-9,11-13H,1-2,10H2. The molecule has 0 fully saturated rings. The van der Waals surface area contributed by atoms with Crippen LogP contribution in [0.15, 0.2) is 55.0 Å². The van der Waals surface area contributed by atoms with Crippen molar-refractivity contribution in [1.82, 2.24) is 0 Å². The molecule has 0 bridgehead atoms. The van der Waals surface area contributed by atoms with E-state index >= 15 is 0 Å². The van der Waals surface area contributed by atoms with Crippen LogP contribution in [0.25, 0.3) is 29.0 Å². The maximum atomic E-state index is 3.97. The maximum absolute atomic E-state index is 3.97. The third-order valence-corrected chi connectivity index (χ3v) is 3.56. The van der Waals surface area contributed by atoms with E-state index in [0.717, 1.165) is 12.0 Å². The van der Waals surface area contributed by atoms with Gasteiger partial charge in [-0.1, -0.05) is 61.0 Å². The molecule has 1 aliphatic rings. The molecule has 0 atom stereocenters. The quantitative estimate of drug-likeness (QED) is 0.650. The molecule has 0 unspecified atom stereocenters.